The summed E-state index contributed by atoms with van der Waals surface area (Å²) in [6.45, 7) is 14.5. The molecule has 7 nitrogen and oxygen atoms in total. The Hall–Kier alpha value is -3.78. The van der Waals surface area contributed by atoms with Gasteiger partial charge in [0, 0.05) is 34.0 Å². The third-order valence-corrected chi connectivity index (χ3v) is 8.14. The Labute approximate surface area is 240 Å². The number of carbonyl (C=O) groups excluding carboxylic acids is 2. The number of methoxy groups -OCH3 is 2. The predicted octanol–water partition coefficient (Wildman–Crippen LogP) is 7.26. The molecular formula is C32H37N3O4S. The minimum absolute atomic E-state index is 0.0621. The maximum Gasteiger partial charge on any atom is 0.336 e. The SMILES string of the molecule is COC(=O)C1=C(C)N=C(C)C(C(=O)OC)C1c1ccccc1Nc1nc(-c2c(C)cc(C(C)(C)C)cc2C)cs1. The number of anilines is 2. The Bertz CT molecular complexity index is 1500. The summed E-state index contributed by atoms with van der Waals surface area (Å²) in [6.07, 6.45) is 0. The van der Waals surface area contributed by atoms with Crippen LogP contribution in [-0.2, 0) is 24.5 Å². The first-order valence-corrected chi connectivity index (χ1v) is 14.1. The van der Waals surface area contributed by atoms with Gasteiger partial charge in [-0.15, -0.1) is 11.3 Å². The number of para-hydroxylation sites is 1. The number of allylic oxidation sites excluding steroid dienone is 1. The lowest BCUT2D eigenvalue weighted by Gasteiger charge is -2.32. The molecule has 2 unspecified atom stereocenters. The molecule has 0 aliphatic carbocycles. The van der Waals surface area contributed by atoms with Gasteiger partial charge in [-0.25, -0.2) is 9.78 Å². The second-order valence-corrected chi connectivity index (χ2v) is 12.1. The highest BCUT2D eigenvalue weighted by Crippen LogP contribution is 2.44. The molecule has 4 rings (SSSR count). The van der Waals surface area contributed by atoms with Gasteiger partial charge in [-0.3, -0.25) is 9.79 Å². The van der Waals surface area contributed by atoms with Gasteiger partial charge >= 0.3 is 11.9 Å². The van der Waals surface area contributed by atoms with Crippen molar-refractivity contribution in [2.75, 3.05) is 19.5 Å². The van der Waals surface area contributed by atoms with Gasteiger partial charge in [-0.1, -0.05) is 51.1 Å². The van der Waals surface area contributed by atoms with E-state index in [1.807, 2.05) is 24.3 Å². The highest BCUT2D eigenvalue weighted by molar-refractivity contribution is 7.14. The van der Waals surface area contributed by atoms with E-state index in [9.17, 15) is 9.59 Å². The van der Waals surface area contributed by atoms with Crippen LogP contribution in [0, 0.1) is 19.8 Å². The van der Waals surface area contributed by atoms with Crippen LogP contribution >= 0.6 is 11.3 Å². The Morgan fingerprint density at radius 1 is 0.975 bits per heavy atom. The van der Waals surface area contributed by atoms with Crippen molar-refractivity contribution in [3.63, 3.8) is 0 Å². The van der Waals surface area contributed by atoms with Crippen molar-refractivity contribution < 1.29 is 19.1 Å². The number of hydrogen-bond acceptors (Lipinski definition) is 8. The van der Waals surface area contributed by atoms with Gasteiger partial charge < -0.3 is 14.8 Å². The molecule has 0 bridgehead atoms. The van der Waals surface area contributed by atoms with E-state index >= 15 is 0 Å². The van der Waals surface area contributed by atoms with E-state index in [0.717, 1.165) is 22.5 Å². The Morgan fingerprint density at radius 3 is 2.23 bits per heavy atom. The van der Waals surface area contributed by atoms with E-state index in [2.05, 4.69) is 62.4 Å². The maximum absolute atomic E-state index is 13.0. The van der Waals surface area contributed by atoms with Crippen molar-refractivity contribution in [3.8, 4) is 11.3 Å². The molecule has 0 radical (unpaired) electrons. The first kappa shape index (κ1) is 29.2. The molecule has 0 saturated carbocycles. The van der Waals surface area contributed by atoms with E-state index < -0.39 is 23.8 Å². The average molecular weight is 560 g/mol. The quantitative estimate of drug-likeness (QED) is 0.320. The smallest absolute Gasteiger partial charge is 0.336 e. The topological polar surface area (TPSA) is 89.9 Å². The van der Waals surface area contributed by atoms with Crippen LogP contribution in [0.1, 0.15) is 62.8 Å². The molecule has 1 aliphatic heterocycles. The minimum atomic E-state index is -0.774. The van der Waals surface area contributed by atoms with Crippen LogP contribution in [0.15, 0.2) is 58.0 Å². The number of nitrogens with zero attached hydrogens (tertiary/aromatic N) is 2. The number of nitrogens with one attached hydrogen (secondary N) is 1. The van der Waals surface area contributed by atoms with Gasteiger partial charge in [0.05, 0.1) is 25.5 Å². The predicted molar refractivity (Wildman–Crippen MR) is 162 cm³/mol. The summed E-state index contributed by atoms with van der Waals surface area (Å²) in [4.78, 5) is 35.4. The number of hydrogen-bond donors (Lipinski definition) is 1. The summed E-state index contributed by atoms with van der Waals surface area (Å²) in [5.74, 6) is -2.40. The first-order valence-electron chi connectivity index (χ1n) is 13.2. The Kier molecular flexibility index (Phi) is 8.30. The number of rotatable bonds is 6. The fraction of sp³-hybridized carbons (Fsp3) is 0.375. The van der Waals surface area contributed by atoms with E-state index in [1.54, 1.807) is 13.8 Å². The zero-order chi connectivity index (χ0) is 29.4. The molecule has 0 spiro atoms. The summed E-state index contributed by atoms with van der Waals surface area (Å²) in [6, 6.07) is 12.1. The Balaban J connectivity index is 1.76. The second kappa shape index (κ2) is 11.4. The molecule has 40 heavy (non-hydrogen) atoms. The standard InChI is InChI=1S/C32H37N3O4S/c1-17-14-21(32(5,6)7)15-18(2)25(17)24-16-40-31(35-24)34-23-13-11-10-12-22(23)28-26(29(36)38-8)19(3)33-20(4)27(28)30(37)39-9/h10-16,26,28H,1-9H3,(H,34,35). The van der Waals surface area contributed by atoms with Crippen LogP contribution in [-0.4, -0.2) is 36.9 Å². The van der Waals surface area contributed by atoms with E-state index in [0.29, 0.717) is 22.1 Å². The van der Waals surface area contributed by atoms with Crippen molar-refractivity contribution in [3.05, 3.63) is 75.3 Å². The highest BCUT2D eigenvalue weighted by Gasteiger charge is 2.43. The summed E-state index contributed by atoms with van der Waals surface area (Å²) < 4.78 is 10.3. The lowest BCUT2D eigenvalue weighted by atomic mass is 9.75. The molecule has 2 atom stereocenters. The van der Waals surface area contributed by atoms with Crippen LogP contribution in [0.5, 0.6) is 0 Å². The molecule has 1 aromatic heterocycles. The summed E-state index contributed by atoms with van der Waals surface area (Å²) in [7, 11) is 2.67. The molecular weight excluding hydrogens is 522 g/mol. The molecule has 2 aromatic carbocycles. The third-order valence-electron chi connectivity index (χ3n) is 7.39. The molecule has 2 heterocycles. The van der Waals surface area contributed by atoms with Crippen molar-refractivity contribution >= 4 is 39.8 Å². The van der Waals surface area contributed by atoms with E-state index in [1.165, 1.54) is 42.2 Å². The van der Waals surface area contributed by atoms with Crippen molar-refractivity contribution in [2.45, 2.75) is 59.8 Å². The van der Waals surface area contributed by atoms with Crippen LogP contribution in [0.2, 0.25) is 0 Å². The van der Waals surface area contributed by atoms with Crippen molar-refractivity contribution in [1.29, 1.82) is 0 Å². The largest absolute Gasteiger partial charge is 0.468 e. The molecule has 210 valence electrons. The van der Waals surface area contributed by atoms with E-state index in [-0.39, 0.29) is 5.41 Å². The number of ether oxygens (including phenoxy) is 2. The van der Waals surface area contributed by atoms with Crippen LogP contribution in [0.4, 0.5) is 10.8 Å². The lowest BCUT2D eigenvalue weighted by molar-refractivity contribution is -0.143. The minimum Gasteiger partial charge on any atom is -0.468 e. The fourth-order valence-electron chi connectivity index (χ4n) is 5.42. The number of aryl methyl sites for hydroxylation is 2. The van der Waals surface area contributed by atoms with E-state index in [4.69, 9.17) is 14.5 Å². The number of aliphatic imine (C=N–C) groups is 1. The average Bonchev–Trinajstić information content (AvgIpc) is 3.34. The zero-order valence-corrected chi connectivity index (χ0v) is 25.4. The molecule has 0 amide bonds. The summed E-state index contributed by atoms with van der Waals surface area (Å²) >= 11 is 1.50. The third kappa shape index (κ3) is 5.59. The number of benzene rings is 2. The second-order valence-electron chi connectivity index (χ2n) is 11.2. The molecule has 3 aromatic rings. The molecule has 1 N–H and O–H groups in total. The van der Waals surface area contributed by atoms with Gasteiger partial charge in [0.1, 0.15) is 5.92 Å². The number of thiazole rings is 1. The summed E-state index contributed by atoms with van der Waals surface area (Å²) in [5, 5.41) is 6.22. The first-order chi connectivity index (χ1) is 18.9. The molecule has 8 heteroatoms. The fourth-order valence-corrected chi connectivity index (χ4v) is 6.14. The Morgan fingerprint density at radius 2 is 1.62 bits per heavy atom. The van der Waals surface area contributed by atoms with Gasteiger partial charge in [0.25, 0.3) is 0 Å². The summed E-state index contributed by atoms with van der Waals surface area (Å²) in [5.41, 5.74) is 8.69. The monoisotopic (exact) mass is 559 g/mol. The zero-order valence-electron chi connectivity index (χ0n) is 24.6. The number of aromatic nitrogens is 1. The molecule has 0 fully saturated rings. The van der Waals surface area contributed by atoms with Gasteiger partial charge in [-0.2, -0.15) is 0 Å². The van der Waals surface area contributed by atoms with Crippen LogP contribution < -0.4 is 5.32 Å². The van der Waals surface area contributed by atoms with Crippen LogP contribution in [0.3, 0.4) is 0 Å². The number of carbonyl (C=O) groups is 2. The lowest BCUT2D eigenvalue weighted by Crippen LogP contribution is -2.36. The molecule has 1 aliphatic rings. The van der Waals surface area contributed by atoms with Crippen LogP contribution in [0.25, 0.3) is 11.3 Å². The van der Waals surface area contributed by atoms with Crippen molar-refractivity contribution in [2.24, 2.45) is 10.9 Å². The maximum atomic E-state index is 13.0. The van der Waals surface area contributed by atoms with Gasteiger partial charge in [0.2, 0.25) is 0 Å². The van der Waals surface area contributed by atoms with Gasteiger partial charge in [0.15, 0.2) is 5.13 Å². The van der Waals surface area contributed by atoms with Crippen molar-refractivity contribution in [1.82, 2.24) is 4.98 Å². The highest BCUT2D eigenvalue weighted by atomic mass is 32.1. The molecule has 0 saturated heterocycles. The normalized spacial score (nSPS) is 17.4. The number of esters is 2. The van der Waals surface area contributed by atoms with Gasteiger partial charge in [-0.05, 0) is 61.4 Å².